The lowest BCUT2D eigenvalue weighted by Crippen LogP contribution is -2.31. The summed E-state index contributed by atoms with van der Waals surface area (Å²) in [6.07, 6.45) is 2.88. The van der Waals surface area contributed by atoms with Crippen molar-refractivity contribution < 1.29 is 28.6 Å². The Labute approximate surface area is 156 Å². The number of hydrogen-bond donors (Lipinski definition) is 1. The van der Waals surface area contributed by atoms with Crippen LogP contribution >= 0.6 is 0 Å². The zero-order chi connectivity index (χ0) is 19.6. The van der Waals surface area contributed by atoms with Gasteiger partial charge in [-0.05, 0) is 29.8 Å². The molecule has 2 heterocycles. The fourth-order valence-electron chi connectivity index (χ4n) is 3.12. The second-order valence-corrected chi connectivity index (χ2v) is 5.83. The molecule has 0 saturated carbocycles. The Morgan fingerprint density at radius 1 is 1.30 bits per heavy atom. The van der Waals surface area contributed by atoms with Crippen molar-refractivity contribution in [1.82, 2.24) is 4.90 Å². The van der Waals surface area contributed by atoms with Crippen LogP contribution in [0.5, 0.6) is 11.5 Å². The summed E-state index contributed by atoms with van der Waals surface area (Å²) in [6.45, 7) is 3.80. The third kappa shape index (κ3) is 3.08. The minimum Gasteiger partial charge on any atom is -0.503 e. The first-order chi connectivity index (χ1) is 13.0. The van der Waals surface area contributed by atoms with Gasteiger partial charge in [0.05, 0.1) is 32.1 Å². The molecular weight excluding hydrogens is 350 g/mol. The molecule has 0 saturated heterocycles. The van der Waals surface area contributed by atoms with Crippen molar-refractivity contribution in [3.63, 3.8) is 0 Å². The number of furan rings is 1. The number of benzene rings is 1. The number of methoxy groups -OCH3 is 2. The number of aliphatic hydroxyl groups excluding tert-OH is 1. The molecule has 1 unspecified atom stereocenters. The summed E-state index contributed by atoms with van der Waals surface area (Å²) in [6, 6.07) is 7.29. The molecule has 140 valence electrons. The Bertz CT molecular complexity index is 913. The molecule has 0 spiro atoms. The number of carbonyl (C=O) groups is 2. The Morgan fingerprint density at radius 2 is 2.04 bits per heavy atom. The molecule has 3 rings (SSSR count). The van der Waals surface area contributed by atoms with Gasteiger partial charge in [-0.25, -0.2) is 0 Å². The molecular formula is C20H19NO6. The number of amides is 1. The van der Waals surface area contributed by atoms with Crippen molar-refractivity contribution in [3.8, 4) is 11.5 Å². The van der Waals surface area contributed by atoms with E-state index in [1.807, 2.05) is 0 Å². The molecule has 0 radical (unpaired) electrons. The zero-order valence-corrected chi connectivity index (χ0v) is 15.0. The Balaban J connectivity index is 2.14. The smallest absolute Gasteiger partial charge is 0.290 e. The van der Waals surface area contributed by atoms with Gasteiger partial charge in [-0.2, -0.15) is 0 Å². The molecule has 1 atom stereocenters. The van der Waals surface area contributed by atoms with Crippen molar-refractivity contribution >= 4 is 11.7 Å². The number of rotatable bonds is 7. The fourth-order valence-corrected chi connectivity index (χ4v) is 3.12. The van der Waals surface area contributed by atoms with Gasteiger partial charge < -0.3 is 23.9 Å². The van der Waals surface area contributed by atoms with E-state index in [0.717, 1.165) is 0 Å². The first-order valence-electron chi connectivity index (χ1n) is 8.18. The van der Waals surface area contributed by atoms with E-state index >= 15 is 0 Å². The molecule has 1 aromatic carbocycles. The molecule has 1 N–H and O–H groups in total. The van der Waals surface area contributed by atoms with Crippen LogP contribution in [-0.4, -0.2) is 42.5 Å². The minimum atomic E-state index is -0.812. The minimum absolute atomic E-state index is 0.0373. The van der Waals surface area contributed by atoms with Gasteiger partial charge in [-0.1, -0.05) is 12.1 Å². The van der Waals surface area contributed by atoms with Crippen molar-refractivity contribution in [2.75, 3.05) is 20.8 Å². The van der Waals surface area contributed by atoms with E-state index in [2.05, 4.69) is 6.58 Å². The standard InChI is InChI=1S/C20H19NO6/c1-4-9-21-17(12-7-8-13(25-2)15(11-12)26-3)16(19(23)20(21)24)18(22)14-6-5-10-27-14/h4-8,10-11,17,23H,1,9H2,2-3H3. The summed E-state index contributed by atoms with van der Waals surface area (Å²) >= 11 is 0. The molecule has 1 aliphatic rings. The van der Waals surface area contributed by atoms with Gasteiger partial charge in [0.1, 0.15) is 0 Å². The van der Waals surface area contributed by atoms with Crippen LogP contribution in [0, 0.1) is 0 Å². The molecule has 1 aromatic heterocycles. The lowest BCUT2D eigenvalue weighted by atomic mass is 9.94. The Hall–Kier alpha value is -3.48. The molecule has 0 bridgehead atoms. The highest BCUT2D eigenvalue weighted by Crippen LogP contribution is 2.41. The summed E-state index contributed by atoms with van der Waals surface area (Å²) in [7, 11) is 3.00. The molecule has 1 aliphatic heterocycles. The molecule has 7 heteroatoms. The average molecular weight is 369 g/mol. The quantitative estimate of drug-likeness (QED) is 0.596. The second kappa shape index (κ2) is 7.41. The predicted molar refractivity (Wildman–Crippen MR) is 96.9 cm³/mol. The van der Waals surface area contributed by atoms with Crippen molar-refractivity contribution in [1.29, 1.82) is 0 Å². The highest BCUT2D eigenvalue weighted by molar-refractivity contribution is 6.15. The number of aliphatic hydroxyl groups is 1. The van der Waals surface area contributed by atoms with Crippen LogP contribution < -0.4 is 9.47 Å². The predicted octanol–water partition coefficient (Wildman–Crippen LogP) is 3.06. The number of ether oxygens (including phenoxy) is 2. The van der Waals surface area contributed by atoms with Crippen molar-refractivity contribution in [2.24, 2.45) is 0 Å². The van der Waals surface area contributed by atoms with E-state index in [-0.39, 0.29) is 17.9 Å². The highest BCUT2D eigenvalue weighted by atomic mass is 16.5. The van der Waals surface area contributed by atoms with Gasteiger partial charge in [0.2, 0.25) is 5.78 Å². The summed E-state index contributed by atoms with van der Waals surface area (Å²) in [5, 5.41) is 10.4. The SMILES string of the molecule is C=CCN1C(=O)C(O)=C(C(=O)c2ccco2)C1c1ccc(OC)c(OC)c1. The molecule has 27 heavy (non-hydrogen) atoms. The van der Waals surface area contributed by atoms with Gasteiger partial charge in [-0.15, -0.1) is 6.58 Å². The van der Waals surface area contributed by atoms with E-state index < -0.39 is 23.5 Å². The fraction of sp³-hybridized carbons (Fsp3) is 0.200. The van der Waals surface area contributed by atoms with Crippen LogP contribution in [-0.2, 0) is 4.79 Å². The van der Waals surface area contributed by atoms with Crippen LogP contribution in [0.15, 0.2) is 65.0 Å². The van der Waals surface area contributed by atoms with Crippen molar-refractivity contribution in [2.45, 2.75) is 6.04 Å². The van der Waals surface area contributed by atoms with Crippen LogP contribution in [0.2, 0.25) is 0 Å². The van der Waals surface area contributed by atoms with Crippen molar-refractivity contribution in [3.05, 3.63) is 71.9 Å². The van der Waals surface area contributed by atoms with E-state index in [1.54, 1.807) is 24.3 Å². The maximum atomic E-state index is 12.9. The lowest BCUT2D eigenvalue weighted by molar-refractivity contribution is -0.128. The normalized spacial score (nSPS) is 16.6. The number of Topliss-reactive ketones (excluding diaryl/α,β-unsaturated/α-hetero) is 1. The Morgan fingerprint density at radius 3 is 2.63 bits per heavy atom. The second-order valence-electron chi connectivity index (χ2n) is 5.83. The maximum Gasteiger partial charge on any atom is 0.290 e. The van der Waals surface area contributed by atoms with E-state index in [9.17, 15) is 14.7 Å². The van der Waals surface area contributed by atoms with E-state index in [4.69, 9.17) is 13.9 Å². The average Bonchev–Trinajstić information content (AvgIpc) is 3.30. The van der Waals surface area contributed by atoms with Crippen LogP contribution in [0.4, 0.5) is 0 Å². The summed E-state index contributed by atoms with van der Waals surface area (Å²) < 4.78 is 15.7. The maximum absolute atomic E-state index is 12.9. The number of carbonyl (C=O) groups excluding carboxylic acids is 2. The molecule has 0 aliphatic carbocycles. The lowest BCUT2D eigenvalue weighted by Gasteiger charge is -2.26. The van der Waals surface area contributed by atoms with Gasteiger partial charge in [-0.3, -0.25) is 9.59 Å². The van der Waals surface area contributed by atoms with Gasteiger partial charge in [0, 0.05) is 6.54 Å². The van der Waals surface area contributed by atoms with E-state index in [0.29, 0.717) is 17.1 Å². The number of ketones is 1. The molecule has 0 fully saturated rings. The van der Waals surface area contributed by atoms with Crippen LogP contribution in [0.1, 0.15) is 22.2 Å². The van der Waals surface area contributed by atoms with Crippen LogP contribution in [0.25, 0.3) is 0 Å². The summed E-state index contributed by atoms with van der Waals surface area (Å²) in [5.41, 5.74) is 0.533. The zero-order valence-electron chi connectivity index (χ0n) is 15.0. The van der Waals surface area contributed by atoms with Gasteiger partial charge >= 0.3 is 0 Å². The van der Waals surface area contributed by atoms with Gasteiger partial charge in [0.15, 0.2) is 23.0 Å². The third-order valence-corrected chi connectivity index (χ3v) is 4.34. The molecule has 1 amide bonds. The topological polar surface area (TPSA) is 89.2 Å². The largest absolute Gasteiger partial charge is 0.503 e. The summed E-state index contributed by atoms with van der Waals surface area (Å²) in [4.78, 5) is 26.8. The van der Waals surface area contributed by atoms with E-state index in [1.165, 1.54) is 37.5 Å². The first kappa shape index (κ1) is 18.3. The van der Waals surface area contributed by atoms with Crippen LogP contribution in [0.3, 0.4) is 0 Å². The Kier molecular flexibility index (Phi) is 5.03. The number of hydrogen-bond acceptors (Lipinski definition) is 6. The third-order valence-electron chi connectivity index (χ3n) is 4.34. The molecule has 7 nitrogen and oxygen atoms in total. The highest BCUT2D eigenvalue weighted by Gasteiger charge is 2.44. The first-order valence-corrected chi connectivity index (χ1v) is 8.18. The molecule has 2 aromatic rings. The summed E-state index contributed by atoms with van der Waals surface area (Å²) in [5.74, 6) is -0.819. The van der Waals surface area contributed by atoms with Gasteiger partial charge in [0.25, 0.3) is 5.91 Å². The number of nitrogens with zero attached hydrogens (tertiary/aromatic N) is 1. The monoisotopic (exact) mass is 369 g/mol.